The zero-order valence-electron chi connectivity index (χ0n) is 11.4. The monoisotopic (exact) mass is 281 g/mol. The molecule has 0 aliphatic heterocycles. The van der Waals surface area contributed by atoms with E-state index >= 15 is 0 Å². The van der Waals surface area contributed by atoms with E-state index in [4.69, 9.17) is 16.3 Å². The van der Waals surface area contributed by atoms with Crippen molar-refractivity contribution >= 4 is 17.5 Å². The van der Waals surface area contributed by atoms with Gasteiger partial charge < -0.3 is 10.1 Å². The van der Waals surface area contributed by atoms with E-state index in [-0.39, 0.29) is 5.91 Å². The molecule has 1 saturated carbocycles. The Kier molecular flexibility index (Phi) is 4.70. The quantitative estimate of drug-likeness (QED) is 0.918. The van der Waals surface area contributed by atoms with Gasteiger partial charge in [0.05, 0.1) is 5.02 Å². The molecule has 1 aromatic rings. The Morgan fingerprint density at radius 2 is 2.11 bits per heavy atom. The lowest BCUT2D eigenvalue weighted by Gasteiger charge is -2.18. The molecule has 3 nitrogen and oxygen atoms in total. The number of hydrogen-bond donors (Lipinski definition) is 1. The topological polar surface area (TPSA) is 38.3 Å². The van der Waals surface area contributed by atoms with Gasteiger partial charge in [0.15, 0.2) is 6.10 Å². The van der Waals surface area contributed by atoms with Gasteiger partial charge >= 0.3 is 0 Å². The van der Waals surface area contributed by atoms with Gasteiger partial charge in [-0.25, -0.2) is 0 Å². The van der Waals surface area contributed by atoms with Gasteiger partial charge in [0, 0.05) is 6.04 Å². The van der Waals surface area contributed by atoms with Crippen LogP contribution in [0.15, 0.2) is 18.2 Å². The van der Waals surface area contributed by atoms with Crippen LogP contribution in [0.5, 0.6) is 5.75 Å². The molecule has 0 radical (unpaired) electrons. The third kappa shape index (κ3) is 3.87. The molecule has 1 fully saturated rings. The Morgan fingerprint density at radius 3 is 2.79 bits per heavy atom. The molecule has 2 rings (SSSR count). The highest BCUT2D eigenvalue weighted by molar-refractivity contribution is 6.32. The number of aryl methyl sites for hydroxylation is 1. The van der Waals surface area contributed by atoms with Crippen molar-refractivity contribution in [3.63, 3.8) is 0 Å². The fraction of sp³-hybridized carbons (Fsp3) is 0.533. The van der Waals surface area contributed by atoms with Crippen molar-refractivity contribution in [3.05, 3.63) is 28.8 Å². The average Bonchev–Trinajstić information content (AvgIpc) is 2.86. The Balaban J connectivity index is 1.93. The second kappa shape index (κ2) is 6.29. The van der Waals surface area contributed by atoms with Gasteiger partial charge in [-0.15, -0.1) is 0 Å². The third-order valence-corrected chi connectivity index (χ3v) is 3.77. The van der Waals surface area contributed by atoms with Crippen molar-refractivity contribution < 1.29 is 9.53 Å². The molecule has 1 N–H and O–H groups in total. The first-order chi connectivity index (χ1) is 9.06. The number of benzene rings is 1. The van der Waals surface area contributed by atoms with E-state index in [9.17, 15) is 4.79 Å². The maximum atomic E-state index is 12.0. The SMILES string of the molecule is Cc1ccc(Cl)c(OC(C)C(=O)NC2CCCC2)c1. The first-order valence-electron chi connectivity index (χ1n) is 6.79. The largest absolute Gasteiger partial charge is 0.479 e. The van der Waals surface area contributed by atoms with Crippen LogP contribution in [-0.4, -0.2) is 18.1 Å². The summed E-state index contributed by atoms with van der Waals surface area (Å²) in [7, 11) is 0. The van der Waals surface area contributed by atoms with Crippen LogP contribution in [0.3, 0.4) is 0 Å². The zero-order chi connectivity index (χ0) is 13.8. The molecule has 0 bridgehead atoms. The molecule has 104 valence electrons. The fourth-order valence-electron chi connectivity index (χ4n) is 2.33. The van der Waals surface area contributed by atoms with Crippen molar-refractivity contribution in [2.45, 2.75) is 51.7 Å². The molecular formula is C15H20ClNO2. The fourth-order valence-corrected chi connectivity index (χ4v) is 2.50. The summed E-state index contributed by atoms with van der Waals surface area (Å²) in [4.78, 5) is 12.0. The zero-order valence-corrected chi connectivity index (χ0v) is 12.2. The second-order valence-electron chi connectivity index (χ2n) is 5.18. The van der Waals surface area contributed by atoms with Gasteiger partial charge in [-0.1, -0.05) is 30.5 Å². The molecular weight excluding hydrogens is 262 g/mol. The van der Waals surface area contributed by atoms with Gasteiger partial charge in [-0.2, -0.15) is 0 Å². The van der Waals surface area contributed by atoms with E-state index < -0.39 is 6.10 Å². The van der Waals surface area contributed by atoms with Crippen molar-refractivity contribution in [1.29, 1.82) is 0 Å². The summed E-state index contributed by atoms with van der Waals surface area (Å²) in [6.07, 6.45) is 4.01. The van der Waals surface area contributed by atoms with E-state index in [0.717, 1.165) is 18.4 Å². The molecule has 19 heavy (non-hydrogen) atoms. The Labute approximate surface area is 119 Å². The molecule has 1 atom stereocenters. The molecule has 0 aromatic heterocycles. The molecule has 1 aliphatic carbocycles. The van der Waals surface area contributed by atoms with E-state index in [2.05, 4.69) is 5.32 Å². The molecule has 0 spiro atoms. The van der Waals surface area contributed by atoms with E-state index in [0.29, 0.717) is 16.8 Å². The maximum absolute atomic E-state index is 12.0. The van der Waals surface area contributed by atoms with E-state index in [1.807, 2.05) is 19.1 Å². The first kappa shape index (κ1) is 14.2. The number of carbonyl (C=O) groups excluding carboxylic acids is 1. The number of carbonyl (C=O) groups is 1. The van der Waals surface area contributed by atoms with E-state index in [1.54, 1.807) is 13.0 Å². The van der Waals surface area contributed by atoms with Crippen molar-refractivity contribution in [2.75, 3.05) is 0 Å². The number of rotatable bonds is 4. The maximum Gasteiger partial charge on any atom is 0.260 e. The standard InChI is InChI=1S/C15H20ClNO2/c1-10-7-8-13(16)14(9-10)19-11(2)15(18)17-12-5-3-4-6-12/h7-9,11-12H,3-6H2,1-2H3,(H,17,18). The minimum absolute atomic E-state index is 0.0653. The highest BCUT2D eigenvalue weighted by Gasteiger charge is 2.22. The van der Waals surface area contributed by atoms with Crippen molar-refractivity contribution in [2.24, 2.45) is 0 Å². The lowest BCUT2D eigenvalue weighted by molar-refractivity contribution is -0.127. The number of ether oxygens (including phenoxy) is 1. The Morgan fingerprint density at radius 1 is 1.42 bits per heavy atom. The minimum atomic E-state index is -0.528. The number of halogens is 1. The van der Waals surface area contributed by atoms with Crippen LogP contribution < -0.4 is 10.1 Å². The second-order valence-corrected chi connectivity index (χ2v) is 5.59. The van der Waals surface area contributed by atoms with Gasteiger partial charge in [0.1, 0.15) is 5.75 Å². The van der Waals surface area contributed by atoms with Crippen LogP contribution in [0.25, 0.3) is 0 Å². The van der Waals surface area contributed by atoms with Crippen LogP contribution in [-0.2, 0) is 4.79 Å². The number of nitrogens with one attached hydrogen (secondary N) is 1. The summed E-state index contributed by atoms with van der Waals surface area (Å²) in [6.45, 7) is 3.72. The number of hydrogen-bond acceptors (Lipinski definition) is 2. The van der Waals surface area contributed by atoms with Crippen molar-refractivity contribution in [1.82, 2.24) is 5.32 Å². The Bertz CT molecular complexity index is 455. The molecule has 0 heterocycles. The summed E-state index contributed by atoms with van der Waals surface area (Å²) < 4.78 is 5.65. The van der Waals surface area contributed by atoms with Crippen LogP contribution >= 0.6 is 11.6 Å². The van der Waals surface area contributed by atoms with Gasteiger partial charge in [0.25, 0.3) is 5.91 Å². The normalized spacial score (nSPS) is 17.2. The van der Waals surface area contributed by atoms with Gasteiger partial charge in [0.2, 0.25) is 0 Å². The van der Waals surface area contributed by atoms with Crippen LogP contribution in [0, 0.1) is 6.92 Å². The highest BCUT2D eigenvalue weighted by atomic mass is 35.5. The summed E-state index contributed by atoms with van der Waals surface area (Å²) in [5, 5.41) is 3.56. The first-order valence-corrected chi connectivity index (χ1v) is 7.17. The molecule has 0 saturated heterocycles. The average molecular weight is 282 g/mol. The lowest BCUT2D eigenvalue weighted by Crippen LogP contribution is -2.41. The van der Waals surface area contributed by atoms with E-state index in [1.165, 1.54) is 12.8 Å². The number of amides is 1. The smallest absolute Gasteiger partial charge is 0.260 e. The summed E-state index contributed by atoms with van der Waals surface area (Å²) in [5.74, 6) is 0.500. The summed E-state index contributed by atoms with van der Waals surface area (Å²) in [6, 6.07) is 5.86. The van der Waals surface area contributed by atoms with Crippen LogP contribution in [0.2, 0.25) is 5.02 Å². The predicted molar refractivity (Wildman–Crippen MR) is 76.7 cm³/mol. The molecule has 1 aromatic carbocycles. The third-order valence-electron chi connectivity index (χ3n) is 3.46. The minimum Gasteiger partial charge on any atom is -0.479 e. The molecule has 1 aliphatic rings. The van der Waals surface area contributed by atoms with Crippen molar-refractivity contribution in [3.8, 4) is 5.75 Å². The molecule has 1 unspecified atom stereocenters. The lowest BCUT2D eigenvalue weighted by atomic mass is 10.2. The van der Waals surface area contributed by atoms with Crippen LogP contribution in [0.4, 0.5) is 0 Å². The highest BCUT2D eigenvalue weighted by Crippen LogP contribution is 2.26. The van der Waals surface area contributed by atoms with Crippen LogP contribution in [0.1, 0.15) is 38.2 Å². The predicted octanol–water partition coefficient (Wildman–Crippen LogP) is 3.47. The Hall–Kier alpha value is -1.22. The molecule has 1 amide bonds. The summed E-state index contributed by atoms with van der Waals surface area (Å²) >= 11 is 6.06. The molecule has 4 heteroatoms. The van der Waals surface area contributed by atoms with Gasteiger partial charge in [-0.05, 0) is 44.4 Å². The summed E-state index contributed by atoms with van der Waals surface area (Å²) in [5.41, 5.74) is 1.06. The van der Waals surface area contributed by atoms with Gasteiger partial charge in [-0.3, -0.25) is 4.79 Å².